The van der Waals surface area contributed by atoms with Crippen molar-refractivity contribution in [3.63, 3.8) is 0 Å². The Kier molecular flexibility index (Phi) is 4.61. The van der Waals surface area contributed by atoms with E-state index in [2.05, 4.69) is 37.7 Å². The van der Waals surface area contributed by atoms with Gasteiger partial charge in [-0.2, -0.15) is 0 Å². The molecule has 1 aromatic carbocycles. The van der Waals surface area contributed by atoms with Crippen LogP contribution in [0.1, 0.15) is 24.1 Å². The maximum absolute atomic E-state index is 12.0. The number of nitrogens with two attached hydrogens (primary N) is 1. The number of nitrogens with zero attached hydrogens (tertiary/aromatic N) is 4. The first-order valence-electron chi connectivity index (χ1n) is 9.88. The van der Waals surface area contributed by atoms with Gasteiger partial charge < -0.3 is 26.2 Å². The number of rotatable bonds is 5. The number of hydrogen-bond acceptors (Lipinski definition) is 8. The van der Waals surface area contributed by atoms with Gasteiger partial charge in [0.15, 0.2) is 29.3 Å². The van der Waals surface area contributed by atoms with Crippen molar-refractivity contribution in [2.75, 3.05) is 12.4 Å². The van der Waals surface area contributed by atoms with E-state index in [0.29, 0.717) is 22.9 Å². The third-order valence-electron chi connectivity index (χ3n) is 5.80. The minimum atomic E-state index is -1.08. The average molecular weight is 409 g/mol. The van der Waals surface area contributed by atoms with E-state index in [1.165, 1.54) is 25.3 Å². The second-order valence-corrected chi connectivity index (χ2v) is 7.68. The molecule has 0 spiro atoms. The molecule has 5 rings (SSSR count). The Morgan fingerprint density at radius 1 is 1.27 bits per heavy atom. The Balaban J connectivity index is 1.39. The largest absolute Gasteiger partial charge is 0.387 e. The topological polar surface area (TPSA) is 140 Å². The zero-order chi connectivity index (χ0) is 20.8. The monoisotopic (exact) mass is 409 g/mol. The van der Waals surface area contributed by atoms with Gasteiger partial charge in [-0.05, 0) is 12.0 Å². The van der Waals surface area contributed by atoms with E-state index in [9.17, 15) is 9.90 Å². The molecule has 30 heavy (non-hydrogen) atoms. The SMILES string of the molecule is CNC(=O)C1OC(n2cnc3c(NC4CC4c4ccccc4)ncnc32)C(O)C1N. The number of hydrogen-bond donors (Lipinski definition) is 4. The number of aliphatic hydroxyl groups is 1. The van der Waals surface area contributed by atoms with Crippen LogP contribution in [-0.2, 0) is 9.53 Å². The zero-order valence-corrected chi connectivity index (χ0v) is 16.3. The first kappa shape index (κ1) is 18.9. The van der Waals surface area contributed by atoms with Gasteiger partial charge in [-0.1, -0.05) is 30.3 Å². The van der Waals surface area contributed by atoms with Gasteiger partial charge in [-0.15, -0.1) is 0 Å². The number of aliphatic hydroxyl groups excluding tert-OH is 1. The van der Waals surface area contributed by atoms with Crippen molar-refractivity contribution in [1.82, 2.24) is 24.8 Å². The van der Waals surface area contributed by atoms with Crippen molar-refractivity contribution in [3.8, 4) is 0 Å². The summed E-state index contributed by atoms with van der Waals surface area (Å²) in [6.07, 6.45) is 1.09. The highest BCUT2D eigenvalue weighted by molar-refractivity contribution is 5.83. The maximum Gasteiger partial charge on any atom is 0.250 e. The molecule has 6 unspecified atom stereocenters. The van der Waals surface area contributed by atoms with Crippen LogP contribution in [-0.4, -0.2) is 61.9 Å². The van der Waals surface area contributed by atoms with E-state index >= 15 is 0 Å². The van der Waals surface area contributed by atoms with E-state index in [4.69, 9.17) is 10.5 Å². The van der Waals surface area contributed by atoms with Crippen LogP contribution in [0.15, 0.2) is 43.0 Å². The normalized spacial score (nSPS) is 30.4. The van der Waals surface area contributed by atoms with Crippen molar-refractivity contribution in [1.29, 1.82) is 0 Å². The summed E-state index contributed by atoms with van der Waals surface area (Å²) in [5, 5.41) is 16.5. The van der Waals surface area contributed by atoms with E-state index in [-0.39, 0.29) is 11.9 Å². The Morgan fingerprint density at radius 3 is 2.83 bits per heavy atom. The predicted molar refractivity (Wildman–Crippen MR) is 108 cm³/mol. The summed E-state index contributed by atoms with van der Waals surface area (Å²) < 4.78 is 7.35. The number of fused-ring (bicyclic) bond motifs is 1. The van der Waals surface area contributed by atoms with Gasteiger partial charge >= 0.3 is 0 Å². The van der Waals surface area contributed by atoms with Crippen molar-refractivity contribution in [2.45, 2.75) is 42.9 Å². The van der Waals surface area contributed by atoms with Gasteiger partial charge in [-0.3, -0.25) is 9.36 Å². The summed E-state index contributed by atoms with van der Waals surface area (Å²) in [5.41, 5.74) is 8.36. The molecule has 10 heteroatoms. The fraction of sp³-hybridized carbons (Fsp3) is 0.400. The van der Waals surface area contributed by atoms with Crippen LogP contribution in [0, 0.1) is 0 Å². The molecule has 156 valence electrons. The average Bonchev–Trinajstić information content (AvgIpc) is 3.31. The molecule has 0 radical (unpaired) electrons. The standard InChI is InChI=1S/C20H23N7O3/c1-22-19(29)16-13(21)15(28)20(30-16)27-9-25-14-17(23-8-24-18(14)27)26-12-7-11(12)10-5-3-2-4-6-10/h2-6,8-9,11-13,15-16,20,28H,7,21H2,1H3,(H,22,29)(H,23,24,26). The number of benzene rings is 1. The van der Waals surface area contributed by atoms with Crippen molar-refractivity contribution in [2.24, 2.45) is 5.73 Å². The van der Waals surface area contributed by atoms with Crippen LogP contribution in [0.2, 0.25) is 0 Å². The fourth-order valence-corrected chi connectivity index (χ4v) is 4.04. The lowest BCUT2D eigenvalue weighted by atomic mass is 10.1. The second kappa shape index (κ2) is 7.31. The summed E-state index contributed by atoms with van der Waals surface area (Å²) in [6.45, 7) is 0. The van der Waals surface area contributed by atoms with E-state index in [1.807, 2.05) is 18.2 Å². The molecule has 1 saturated carbocycles. The number of imidazole rings is 1. The highest BCUT2D eigenvalue weighted by atomic mass is 16.5. The second-order valence-electron chi connectivity index (χ2n) is 7.68. The Bertz CT molecular complexity index is 1070. The Labute approximate surface area is 172 Å². The molecule has 10 nitrogen and oxygen atoms in total. The first-order valence-corrected chi connectivity index (χ1v) is 9.88. The number of nitrogens with one attached hydrogen (secondary N) is 2. The maximum atomic E-state index is 12.0. The highest BCUT2D eigenvalue weighted by Crippen LogP contribution is 2.43. The molecule has 3 aromatic rings. The lowest BCUT2D eigenvalue weighted by Crippen LogP contribution is -2.46. The molecule has 2 aliphatic rings. The van der Waals surface area contributed by atoms with Gasteiger partial charge in [0.2, 0.25) is 0 Å². The minimum Gasteiger partial charge on any atom is -0.387 e. The minimum absolute atomic E-state index is 0.273. The molecule has 6 atom stereocenters. The molecular weight excluding hydrogens is 386 g/mol. The molecule has 1 saturated heterocycles. The molecule has 2 aromatic heterocycles. The van der Waals surface area contributed by atoms with Crippen molar-refractivity contribution >= 4 is 22.9 Å². The predicted octanol–water partition coefficient (Wildman–Crippen LogP) is 0.126. The number of likely N-dealkylation sites (N-methyl/N-ethyl adjacent to an activating group) is 1. The number of ether oxygens (including phenoxy) is 1. The summed E-state index contributed by atoms with van der Waals surface area (Å²) >= 11 is 0. The van der Waals surface area contributed by atoms with Crippen LogP contribution in [0.3, 0.4) is 0 Å². The number of carbonyl (C=O) groups excluding carboxylic acids is 1. The molecule has 5 N–H and O–H groups in total. The number of aromatic nitrogens is 4. The molecule has 1 amide bonds. The smallest absolute Gasteiger partial charge is 0.250 e. The third kappa shape index (κ3) is 3.09. The number of anilines is 1. The Morgan fingerprint density at radius 2 is 2.07 bits per heavy atom. The van der Waals surface area contributed by atoms with E-state index in [1.54, 1.807) is 4.57 Å². The molecule has 2 fully saturated rings. The molecule has 1 aliphatic carbocycles. The van der Waals surface area contributed by atoms with Gasteiger partial charge in [0.05, 0.1) is 12.4 Å². The lowest BCUT2D eigenvalue weighted by Gasteiger charge is -2.16. The van der Waals surface area contributed by atoms with Crippen molar-refractivity contribution in [3.05, 3.63) is 48.5 Å². The molecule has 3 heterocycles. The van der Waals surface area contributed by atoms with Gasteiger partial charge in [0.25, 0.3) is 5.91 Å². The summed E-state index contributed by atoms with van der Waals surface area (Å²) in [7, 11) is 1.50. The van der Waals surface area contributed by atoms with Gasteiger partial charge in [0.1, 0.15) is 12.4 Å². The van der Waals surface area contributed by atoms with Gasteiger partial charge in [-0.25, -0.2) is 15.0 Å². The van der Waals surface area contributed by atoms with Crippen molar-refractivity contribution < 1.29 is 14.6 Å². The fourth-order valence-electron chi connectivity index (χ4n) is 4.04. The molecule has 1 aliphatic heterocycles. The van der Waals surface area contributed by atoms with Crippen LogP contribution in [0.25, 0.3) is 11.2 Å². The third-order valence-corrected chi connectivity index (χ3v) is 5.80. The number of carbonyl (C=O) groups is 1. The van der Waals surface area contributed by atoms with Gasteiger partial charge in [0, 0.05) is 19.0 Å². The van der Waals surface area contributed by atoms with Crippen LogP contribution >= 0.6 is 0 Å². The van der Waals surface area contributed by atoms with Crippen LogP contribution in [0.4, 0.5) is 5.82 Å². The van der Waals surface area contributed by atoms with E-state index < -0.39 is 24.5 Å². The molecule has 0 bridgehead atoms. The summed E-state index contributed by atoms with van der Waals surface area (Å²) in [6, 6.07) is 9.76. The summed E-state index contributed by atoms with van der Waals surface area (Å²) in [4.78, 5) is 25.1. The number of amides is 1. The zero-order valence-electron chi connectivity index (χ0n) is 16.3. The highest BCUT2D eigenvalue weighted by Gasteiger charge is 2.46. The molecular formula is C20H23N7O3. The van der Waals surface area contributed by atoms with E-state index in [0.717, 1.165) is 6.42 Å². The van der Waals surface area contributed by atoms with Crippen LogP contribution < -0.4 is 16.4 Å². The Hall–Kier alpha value is -3.08. The lowest BCUT2D eigenvalue weighted by molar-refractivity contribution is -0.134. The van der Waals surface area contributed by atoms with Crippen LogP contribution in [0.5, 0.6) is 0 Å². The first-order chi connectivity index (χ1) is 14.6. The summed E-state index contributed by atoms with van der Waals surface area (Å²) in [5.74, 6) is 0.678. The quantitative estimate of drug-likeness (QED) is 0.466.